The third-order valence-corrected chi connectivity index (χ3v) is 2.83. The minimum absolute atomic E-state index is 0.0792. The molecule has 0 unspecified atom stereocenters. The molecule has 2 amide bonds. The van der Waals surface area contributed by atoms with Crippen LogP contribution < -0.4 is 10.9 Å². The first-order valence-electron chi connectivity index (χ1n) is 6.34. The summed E-state index contributed by atoms with van der Waals surface area (Å²) in [7, 11) is 0. The average Bonchev–Trinajstić information content (AvgIpc) is 2.52. The summed E-state index contributed by atoms with van der Waals surface area (Å²) in [6.07, 6.45) is -1.81. The molecule has 0 bridgehead atoms. The van der Waals surface area contributed by atoms with Crippen LogP contribution in [0.25, 0.3) is 0 Å². The Labute approximate surface area is 128 Å². The Morgan fingerprint density at radius 3 is 2.35 bits per heavy atom. The monoisotopic (exact) mass is 324 g/mol. The second kappa shape index (κ2) is 6.42. The van der Waals surface area contributed by atoms with Crippen molar-refractivity contribution in [3.8, 4) is 0 Å². The lowest BCUT2D eigenvalue weighted by Gasteiger charge is -2.11. The highest BCUT2D eigenvalue weighted by atomic mass is 19.4. The zero-order valence-corrected chi connectivity index (χ0v) is 11.8. The van der Waals surface area contributed by atoms with Gasteiger partial charge in [0.05, 0.1) is 16.8 Å². The van der Waals surface area contributed by atoms with Crippen molar-refractivity contribution in [3.63, 3.8) is 0 Å². The van der Waals surface area contributed by atoms with Crippen LogP contribution in [-0.4, -0.2) is 21.8 Å². The van der Waals surface area contributed by atoms with Crippen molar-refractivity contribution >= 4 is 11.8 Å². The third kappa shape index (κ3) is 4.02. The molecule has 0 saturated heterocycles. The maximum Gasteiger partial charge on any atom is 0.433 e. The van der Waals surface area contributed by atoms with Crippen LogP contribution in [0.2, 0.25) is 0 Å². The first-order chi connectivity index (χ1) is 10.8. The molecule has 0 aliphatic rings. The molecule has 9 heteroatoms. The zero-order valence-electron chi connectivity index (χ0n) is 11.8. The van der Waals surface area contributed by atoms with Crippen LogP contribution >= 0.6 is 0 Å². The van der Waals surface area contributed by atoms with Gasteiger partial charge in [-0.25, -0.2) is 4.98 Å². The summed E-state index contributed by atoms with van der Waals surface area (Å²) in [6, 6.07) is 4.72. The van der Waals surface area contributed by atoms with Gasteiger partial charge in [-0.3, -0.25) is 25.4 Å². The summed E-state index contributed by atoms with van der Waals surface area (Å²) in [5.41, 5.74) is 3.19. The second-order valence-corrected chi connectivity index (χ2v) is 4.48. The van der Waals surface area contributed by atoms with E-state index in [9.17, 15) is 22.8 Å². The Morgan fingerprint density at radius 1 is 1.09 bits per heavy atom. The second-order valence-electron chi connectivity index (χ2n) is 4.48. The Morgan fingerprint density at radius 2 is 1.78 bits per heavy atom. The molecular formula is C14H11F3N4O2. The van der Waals surface area contributed by atoms with Crippen LogP contribution in [0, 0.1) is 6.92 Å². The number of carbonyl (C=O) groups is 2. The number of alkyl halides is 3. The van der Waals surface area contributed by atoms with E-state index in [4.69, 9.17) is 0 Å². The van der Waals surface area contributed by atoms with Crippen LogP contribution in [0.1, 0.15) is 32.1 Å². The summed E-state index contributed by atoms with van der Waals surface area (Å²) in [6.45, 7) is 1.27. The van der Waals surface area contributed by atoms with Crippen LogP contribution in [0.3, 0.4) is 0 Å². The van der Waals surface area contributed by atoms with Crippen molar-refractivity contribution in [3.05, 3.63) is 59.2 Å². The molecule has 2 aromatic heterocycles. The number of aromatic nitrogens is 2. The molecule has 2 aromatic rings. The van der Waals surface area contributed by atoms with Crippen LogP contribution in [0.5, 0.6) is 0 Å². The number of hydrogen-bond donors (Lipinski definition) is 2. The molecule has 2 N–H and O–H groups in total. The lowest BCUT2D eigenvalue weighted by atomic mass is 10.1. The van der Waals surface area contributed by atoms with Crippen molar-refractivity contribution in [2.75, 3.05) is 0 Å². The van der Waals surface area contributed by atoms with Gasteiger partial charge in [0.1, 0.15) is 5.69 Å². The molecule has 0 spiro atoms. The zero-order chi connectivity index (χ0) is 17.0. The highest BCUT2D eigenvalue weighted by Gasteiger charge is 2.33. The predicted octanol–water partition coefficient (Wildman–Crippen LogP) is 1.88. The van der Waals surface area contributed by atoms with Gasteiger partial charge in [0.25, 0.3) is 11.8 Å². The van der Waals surface area contributed by atoms with E-state index in [1.54, 1.807) is 6.07 Å². The maximum absolute atomic E-state index is 12.5. The molecule has 0 atom stereocenters. The number of aryl methyl sites for hydroxylation is 1. The molecule has 120 valence electrons. The molecule has 0 aromatic carbocycles. The van der Waals surface area contributed by atoms with Gasteiger partial charge in [-0.15, -0.1) is 0 Å². The predicted molar refractivity (Wildman–Crippen MR) is 73.1 cm³/mol. The van der Waals surface area contributed by atoms with E-state index in [1.165, 1.54) is 25.4 Å². The fraction of sp³-hybridized carbons (Fsp3) is 0.143. The molecule has 0 radical (unpaired) electrons. The standard InChI is InChI=1S/C14H11F3N4O2/c1-8-10(4-5-11(19-8)14(15,16)17)13(23)21-20-12(22)9-3-2-6-18-7-9/h2-7H,1H3,(H,20,22)(H,21,23). The first-order valence-corrected chi connectivity index (χ1v) is 6.34. The fourth-order valence-electron chi connectivity index (χ4n) is 1.71. The summed E-state index contributed by atoms with van der Waals surface area (Å²) in [5.74, 6) is -1.38. The largest absolute Gasteiger partial charge is 0.433 e. The number of carbonyl (C=O) groups excluding carboxylic acids is 2. The topological polar surface area (TPSA) is 84.0 Å². The van der Waals surface area contributed by atoms with E-state index in [0.717, 1.165) is 6.07 Å². The van der Waals surface area contributed by atoms with E-state index in [0.29, 0.717) is 6.07 Å². The minimum Gasteiger partial charge on any atom is -0.267 e. The van der Waals surface area contributed by atoms with Gasteiger partial charge in [-0.2, -0.15) is 13.2 Å². The Kier molecular flexibility index (Phi) is 4.58. The molecule has 2 rings (SSSR count). The SMILES string of the molecule is Cc1nc(C(F)(F)F)ccc1C(=O)NNC(=O)c1cccnc1. The molecule has 0 aliphatic heterocycles. The smallest absolute Gasteiger partial charge is 0.267 e. The third-order valence-electron chi connectivity index (χ3n) is 2.83. The maximum atomic E-state index is 12.5. The summed E-state index contributed by atoms with van der Waals surface area (Å²) < 4.78 is 37.5. The molecule has 0 saturated carbocycles. The number of rotatable bonds is 2. The molecule has 0 aliphatic carbocycles. The number of amides is 2. The minimum atomic E-state index is -4.59. The van der Waals surface area contributed by atoms with Crippen LogP contribution in [0.4, 0.5) is 13.2 Å². The highest BCUT2D eigenvalue weighted by Crippen LogP contribution is 2.28. The van der Waals surface area contributed by atoms with Gasteiger partial charge >= 0.3 is 6.18 Å². The Bertz CT molecular complexity index is 733. The molecule has 23 heavy (non-hydrogen) atoms. The van der Waals surface area contributed by atoms with Crippen molar-refractivity contribution in [2.45, 2.75) is 13.1 Å². The number of nitrogens with one attached hydrogen (secondary N) is 2. The van der Waals surface area contributed by atoms with Gasteiger partial charge in [-0.05, 0) is 31.2 Å². The number of hydrogen-bond acceptors (Lipinski definition) is 4. The van der Waals surface area contributed by atoms with Gasteiger partial charge in [0, 0.05) is 12.4 Å². The van der Waals surface area contributed by atoms with Crippen LogP contribution in [-0.2, 0) is 6.18 Å². The molecule has 0 fully saturated rings. The van der Waals surface area contributed by atoms with Crippen molar-refractivity contribution < 1.29 is 22.8 Å². The van der Waals surface area contributed by atoms with E-state index >= 15 is 0 Å². The fourth-order valence-corrected chi connectivity index (χ4v) is 1.71. The van der Waals surface area contributed by atoms with Gasteiger partial charge < -0.3 is 0 Å². The normalized spacial score (nSPS) is 11.0. The first kappa shape index (κ1) is 16.4. The van der Waals surface area contributed by atoms with Gasteiger partial charge in [0.2, 0.25) is 0 Å². The van der Waals surface area contributed by atoms with Crippen molar-refractivity contribution in [2.24, 2.45) is 0 Å². The summed E-state index contributed by atoms with van der Waals surface area (Å²) >= 11 is 0. The quantitative estimate of drug-likeness (QED) is 0.826. The van der Waals surface area contributed by atoms with E-state index < -0.39 is 23.7 Å². The Hall–Kier alpha value is -2.97. The number of halogens is 3. The average molecular weight is 324 g/mol. The summed E-state index contributed by atoms with van der Waals surface area (Å²) in [5, 5.41) is 0. The number of nitrogens with zero attached hydrogens (tertiary/aromatic N) is 2. The number of hydrazine groups is 1. The lowest BCUT2D eigenvalue weighted by Crippen LogP contribution is -2.42. The number of pyridine rings is 2. The van der Waals surface area contributed by atoms with Gasteiger partial charge in [-0.1, -0.05) is 0 Å². The van der Waals surface area contributed by atoms with E-state index in [-0.39, 0.29) is 16.8 Å². The molecular weight excluding hydrogens is 313 g/mol. The van der Waals surface area contributed by atoms with E-state index in [1.807, 2.05) is 0 Å². The Balaban J connectivity index is 2.05. The van der Waals surface area contributed by atoms with E-state index in [2.05, 4.69) is 20.8 Å². The van der Waals surface area contributed by atoms with Gasteiger partial charge in [0.15, 0.2) is 0 Å². The van der Waals surface area contributed by atoms with Crippen molar-refractivity contribution in [1.29, 1.82) is 0 Å². The van der Waals surface area contributed by atoms with Crippen molar-refractivity contribution in [1.82, 2.24) is 20.8 Å². The lowest BCUT2D eigenvalue weighted by molar-refractivity contribution is -0.141. The molecule has 6 nitrogen and oxygen atoms in total. The highest BCUT2D eigenvalue weighted by molar-refractivity contribution is 5.99. The summed E-state index contributed by atoms with van der Waals surface area (Å²) in [4.78, 5) is 30.7. The molecule has 2 heterocycles. The van der Waals surface area contributed by atoms with Crippen LogP contribution in [0.15, 0.2) is 36.7 Å².